The van der Waals surface area contributed by atoms with Gasteiger partial charge in [0.05, 0.1) is 55.1 Å². The lowest BCUT2D eigenvalue weighted by Gasteiger charge is -2.41. The summed E-state index contributed by atoms with van der Waals surface area (Å²) in [6, 6.07) is 5.85. The highest BCUT2D eigenvalue weighted by atomic mass is 16.6. The number of methoxy groups -OCH3 is 2. The van der Waals surface area contributed by atoms with Gasteiger partial charge in [0.25, 0.3) is 5.69 Å². The number of hydrogen-bond donors (Lipinski definition) is 0. The fraction of sp³-hybridized carbons (Fsp3) is 0.368. The van der Waals surface area contributed by atoms with E-state index in [1.807, 2.05) is 4.90 Å². The summed E-state index contributed by atoms with van der Waals surface area (Å²) in [5.41, 5.74) is 1.94. The summed E-state index contributed by atoms with van der Waals surface area (Å²) in [6.45, 7) is 2.83. The predicted octanol–water partition coefficient (Wildman–Crippen LogP) is 1.90. The molecule has 3 rings (SSSR count). The highest BCUT2D eigenvalue weighted by Gasteiger charge is 2.42. The number of fused-ring (bicyclic) bond motifs is 1. The molecule has 0 amide bonds. The lowest BCUT2D eigenvalue weighted by atomic mass is 9.79. The lowest BCUT2D eigenvalue weighted by molar-refractivity contribution is -0.384. The minimum Gasteiger partial charge on any atom is -0.466 e. The molecule has 9 heteroatoms. The van der Waals surface area contributed by atoms with E-state index in [1.54, 1.807) is 13.0 Å². The van der Waals surface area contributed by atoms with Gasteiger partial charge in [-0.2, -0.15) is 0 Å². The van der Waals surface area contributed by atoms with Gasteiger partial charge in [-0.05, 0) is 12.5 Å². The van der Waals surface area contributed by atoms with Crippen molar-refractivity contribution in [1.82, 2.24) is 4.90 Å². The molecule has 0 aromatic heterocycles. The van der Waals surface area contributed by atoms with E-state index in [-0.39, 0.29) is 23.4 Å². The van der Waals surface area contributed by atoms with Crippen molar-refractivity contribution in [2.24, 2.45) is 0 Å². The van der Waals surface area contributed by atoms with Gasteiger partial charge < -0.3 is 19.1 Å². The Balaban J connectivity index is 2.29. The third-order valence-electron chi connectivity index (χ3n) is 4.93. The Hall–Kier alpha value is -3.20. The number of allylic oxidation sites excluding steroid dienone is 1. The highest BCUT2D eigenvalue weighted by Crippen LogP contribution is 2.44. The Morgan fingerprint density at radius 3 is 2.54 bits per heavy atom. The molecule has 0 bridgehead atoms. The van der Waals surface area contributed by atoms with E-state index < -0.39 is 22.8 Å². The molecule has 2 aliphatic rings. The van der Waals surface area contributed by atoms with Crippen LogP contribution in [0.1, 0.15) is 18.4 Å². The van der Waals surface area contributed by atoms with Crippen LogP contribution in [0.5, 0.6) is 0 Å². The van der Waals surface area contributed by atoms with Crippen molar-refractivity contribution in [2.45, 2.75) is 12.8 Å². The van der Waals surface area contributed by atoms with Gasteiger partial charge in [-0.25, -0.2) is 9.59 Å². The number of ether oxygens (including phenoxy) is 3. The average molecular weight is 388 g/mol. The van der Waals surface area contributed by atoms with Crippen LogP contribution in [-0.4, -0.2) is 55.7 Å². The fourth-order valence-corrected chi connectivity index (χ4v) is 3.67. The maximum absolute atomic E-state index is 12.7. The molecule has 1 aromatic carbocycles. The minimum absolute atomic E-state index is 0.143. The average Bonchev–Trinajstić information content (AvgIpc) is 2.72. The van der Waals surface area contributed by atoms with Crippen molar-refractivity contribution in [3.05, 3.63) is 62.5 Å². The molecular weight excluding hydrogens is 368 g/mol. The maximum atomic E-state index is 12.7. The van der Waals surface area contributed by atoms with E-state index in [4.69, 9.17) is 14.2 Å². The molecule has 0 unspecified atom stereocenters. The summed E-state index contributed by atoms with van der Waals surface area (Å²) in [4.78, 5) is 37.9. The summed E-state index contributed by atoms with van der Waals surface area (Å²) in [5, 5.41) is 11.2. The Kier molecular flexibility index (Phi) is 5.46. The van der Waals surface area contributed by atoms with E-state index in [0.717, 1.165) is 0 Å². The van der Waals surface area contributed by atoms with Gasteiger partial charge in [0, 0.05) is 24.4 Å². The van der Waals surface area contributed by atoms with Crippen LogP contribution in [-0.2, 0) is 23.8 Å². The highest BCUT2D eigenvalue weighted by molar-refractivity contribution is 6.00. The van der Waals surface area contributed by atoms with Crippen molar-refractivity contribution in [1.29, 1.82) is 0 Å². The van der Waals surface area contributed by atoms with Gasteiger partial charge in [-0.3, -0.25) is 10.1 Å². The normalized spacial score (nSPS) is 19.2. The molecule has 2 aliphatic heterocycles. The molecule has 0 saturated carbocycles. The summed E-state index contributed by atoms with van der Waals surface area (Å²) in [6.07, 6.45) is 0. The second-order valence-electron chi connectivity index (χ2n) is 6.33. The number of morpholine rings is 1. The topological polar surface area (TPSA) is 108 Å². The molecule has 2 heterocycles. The van der Waals surface area contributed by atoms with Gasteiger partial charge >= 0.3 is 11.9 Å². The van der Waals surface area contributed by atoms with Crippen molar-refractivity contribution in [2.75, 3.05) is 34.0 Å². The Morgan fingerprint density at radius 2 is 1.89 bits per heavy atom. The van der Waals surface area contributed by atoms with E-state index in [0.29, 0.717) is 30.1 Å². The number of carbonyl (C=O) groups excluding carboxylic acids is 2. The zero-order valence-electron chi connectivity index (χ0n) is 15.8. The van der Waals surface area contributed by atoms with Crippen LogP contribution in [0.4, 0.5) is 5.69 Å². The number of benzene rings is 1. The van der Waals surface area contributed by atoms with E-state index in [9.17, 15) is 19.7 Å². The first kappa shape index (κ1) is 19.6. The van der Waals surface area contributed by atoms with Crippen molar-refractivity contribution < 1.29 is 28.7 Å². The zero-order valence-corrected chi connectivity index (χ0v) is 15.8. The zero-order chi connectivity index (χ0) is 20.4. The maximum Gasteiger partial charge on any atom is 0.336 e. The molecule has 0 radical (unpaired) electrons. The molecule has 148 valence electrons. The first-order valence-electron chi connectivity index (χ1n) is 8.60. The van der Waals surface area contributed by atoms with Gasteiger partial charge in [-0.1, -0.05) is 12.1 Å². The van der Waals surface area contributed by atoms with Gasteiger partial charge in [-0.15, -0.1) is 0 Å². The first-order valence-corrected chi connectivity index (χ1v) is 8.60. The Morgan fingerprint density at radius 1 is 1.21 bits per heavy atom. The van der Waals surface area contributed by atoms with Crippen LogP contribution >= 0.6 is 0 Å². The van der Waals surface area contributed by atoms with Crippen LogP contribution in [0, 0.1) is 10.1 Å². The number of rotatable bonds is 4. The number of hydrogen-bond acceptors (Lipinski definition) is 8. The minimum atomic E-state index is -0.868. The van der Waals surface area contributed by atoms with Crippen molar-refractivity contribution >= 4 is 17.6 Å². The van der Waals surface area contributed by atoms with Crippen LogP contribution in [0.25, 0.3) is 0 Å². The number of non-ortho nitro benzene ring substituents is 1. The smallest absolute Gasteiger partial charge is 0.336 e. The second kappa shape index (κ2) is 7.81. The molecule has 0 aliphatic carbocycles. The lowest BCUT2D eigenvalue weighted by Crippen LogP contribution is -2.41. The number of esters is 2. The molecule has 0 N–H and O–H groups in total. The molecule has 1 atom stereocenters. The van der Waals surface area contributed by atoms with Crippen LogP contribution in [0.3, 0.4) is 0 Å². The number of nitro benzene ring substituents is 1. The largest absolute Gasteiger partial charge is 0.466 e. The van der Waals surface area contributed by atoms with Crippen LogP contribution < -0.4 is 0 Å². The van der Waals surface area contributed by atoms with Gasteiger partial charge in [0.1, 0.15) is 0 Å². The molecule has 9 nitrogen and oxygen atoms in total. The van der Waals surface area contributed by atoms with Crippen LogP contribution in [0.2, 0.25) is 0 Å². The van der Waals surface area contributed by atoms with E-state index in [1.165, 1.54) is 32.4 Å². The number of carbonyl (C=O) groups is 2. The Labute approximate surface area is 161 Å². The van der Waals surface area contributed by atoms with E-state index in [2.05, 4.69) is 0 Å². The third kappa shape index (κ3) is 3.24. The van der Waals surface area contributed by atoms with Gasteiger partial charge in [0.15, 0.2) is 0 Å². The molecule has 28 heavy (non-hydrogen) atoms. The van der Waals surface area contributed by atoms with Gasteiger partial charge in [0.2, 0.25) is 0 Å². The molecular formula is C19H20N2O7. The SMILES string of the molecule is COC(=O)C1=C(C)N2CCOCC2=C(C(=O)OC)[C@@H]1c1cccc([N+](=O)[O-])c1. The summed E-state index contributed by atoms with van der Waals surface area (Å²) in [5.74, 6) is -2.11. The molecule has 1 aromatic rings. The summed E-state index contributed by atoms with van der Waals surface area (Å²) in [7, 11) is 2.50. The molecule has 1 fully saturated rings. The third-order valence-corrected chi connectivity index (χ3v) is 4.93. The molecule has 1 saturated heterocycles. The van der Waals surface area contributed by atoms with Crippen molar-refractivity contribution in [3.63, 3.8) is 0 Å². The monoisotopic (exact) mass is 388 g/mol. The summed E-state index contributed by atoms with van der Waals surface area (Å²) < 4.78 is 15.5. The quantitative estimate of drug-likeness (QED) is 0.437. The first-order chi connectivity index (χ1) is 13.4. The molecule has 0 spiro atoms. The Bertz CT molecular complexity index is 903. The van der Waals surface area contributed by atoms with Crippen LogP contribution in [0.15, 0.2) is 46.8 Å². The van der Waals surface area contributed by atoms with Crippen molar-refractivity contribution in [3.8, 4) is 0 Å². The summed E-state index contributed by atoms with van der Waals surface area (Å²) >= 11 is 0. The number of nitrogens with zero attached hydrogens (tertiary/aromatic N) is 2. The van der Waals surface area contributed by atoms with E-state index >= 15 is 0 Å². The standard InChI is InChI=1S/C19H20N2O7/c1-11-15(18(22)26-2)16(12-5-4-6-13(9-12)21(24)25)17(19(23)27-3)14-10-28-8-7-20(11)14/h4-6,9,16H,7-8,10H2,1-3H3/t16-/m1/s1. The fourth-order valence-electron chi connectivity index (χ4n) is 3.67. The predicted molar refractivity (Wildman–Crippen MR) is 97.1 cm³/mol. The number of nitro groups is 1. The second-order valence-corrected chi connectivity index (χ2v) is 6.33.